The van der Waals surface area contributed by atoms with Crippen LogP contribution in [0.15, 0.2) is 52.1 Å². The predicted octanol–water partition coefficient (Wildman–Crippen LogP) is 4.85. The van der Waals surface area contributed by atoms with E-state index < -0.39 is 17.3 Å². The Kier molecular flexibility index (Phi) is 6.55. The summed E-state index contributed by atoms with van der Waals surface area (Å²) >= 11 is 0. The Morgan fingerprint density at radius 1 is 0.921 bits per heavy atom. The van der Waals surface area contributed by atoms with E-state index >= 15 is 0 Å². The maximum Gasteiger partial charge on any atom is 0.416 e. The molecule has 0 unspecified atom stereocenters. The first kappa shape index (κ1) is 25.3. The second kappa shape index (κ2) is 9.84. The second-order valence-electron chi connectivity index (χ2n) is 8.90. The molecule has 2 N–H and O–H groups in total. The normalized spacial score (nSPS) is 12.0. The fourth-order valence-corrected chi connectivity index (χ4v) is 4.32. The number of hydrogen-bond donors (Lipinski definition) is 2. The maximum absolute atomic E-state index is 13.0. The van der Waals surface area contributed by atoms with Crippen molar-refractivity contribution in [1.29, 1.82) is 0 Å². The van der Waals surface area contributed by atoms with E-state index in [1.54, 1.807) is 24.3 Å². The van der Waals surface area contributed by atoms with Gasteiger partial charge in [-0.25, -0.2) is 14.8 Å². The number of aromatic amines is 2. The summed E-state index contributed by atoms with van der Waals surface area (Å²) in [6, 6.07) is 10.3. The highest BCUT2D eigenvalue weighted by Crippen LogP contribution is 2.31. The van der Waals surface area contributed by atoms with E-state index in [1.165, 1.54) is 15.2 Å². The van der Waals surface area contributed by atoms with Gasteiger partial charge < -0.3 is 14.7 Å². The van der Waals surface area contributed by atoms with Crippen LogP contribution in [-0.4, -0.2) is 29.1 Å². The van der Waals surface area contributed by atoms with Gasteiger partial charge in [0.25, 0.3) is 5.56 Å². The average molecular weight is 527 g/mol. The minimum Gasteiger partial charge on any atom is -0.486 e. The zero-order valence-corrected chi connectivity index (χ0v) is 20.7. The minimum atomic E-state index is -4.43. The Balaban J connectivity index is 1.37. The number of ether oxygens (including phenoxy) is 1. The van der Waals surface area contributed by atoms with E-state index in [-0.39, 0.29) is 23.3 Å². The molecule has 9 nitrogen and oxygen atoms in total. The molecule has 0 amide bonds. The second-order valence-corrected chi connectivity index (χ2v) is 8.90. The fourth-order valence-electron chi connectivity index (χ4n) is 4.32. The summed E-state index contributed by atoms with van der Waals surface area (Å²) in [6.07, 6.45) is -3.07. The number of aromatic nitrogens is 6. The summed E-state index contributed by atoms with van der Waals surface area (Å²) in [6.45, 7) is 4.65. The molecule has 0 atom stereocenters. The number of nitrogens with zero attached hydrogens (tertiary/aromatic N) is 4. The average Bonchev–Trinajstić information content (AvgIpc) is 3.52. The molecule has 0 bridgehead atoms. The first-order chi connectivity index (χ1) is 18.2. The van der Waals surface area contributed by atoms with Crippen LogP contribution in [-0.2, 0) is 25.9 Å². The number of aryl methyl sites for hydroxylation is 1. The van der Waals surface area contributed by atoms with Crippen molar-refractivity contribution in [2.75, 3.05) is 0 Å². The molecule has 0 saturated carbocycles. The van der Waals surface area contributed by atoms with Crippen LogP contribution in [0, 0.1) is 0 Å². The Bertz CT molecular complexity index is 1730. The van der Waals surface area contributed by atoms with Crippen molar-refractivity contribution in [3.8, 4) is 17.1 Å². The molecule has 0 fully saturated rings. The van der Waals surface area contributed by atoms with Crippen LogP contribution < -0.4 is 16.0 Å². The van der Waals surface area contributed by atoms with Gasteiger partial charge in [0.15, 0.2) is 5.65 Å². The van der Waals surface area contributed by atoms with Crippen molar-refractivity contribution in [1.82, 2.24) is 29.1 Å². The Hall–Kier alpha value is -4.35. The van der Waals surface area contributed by atoms with Crippen LogP contribution in [0.2, 0.25) is 0 Å². The van der Waals surface area contributed by atoms with Gasteiger partial charge in [0.2, 0.25) is 0 Å². The van der Waals surface area contributed by atoms with Gasteiger partial charge in [0, 0.05) is 18.7 Å². The summed E-state index contributed by atoms with van der Waals surface area (Å²) in [4.78, 5) is 40.6. The van der Waals surface area contributed by atoms with Crippen molar-refractivity contribution in [3.63, 3.8) is 0 Å². The van der Waals surface area contributed by atoms with E-state index in [1.807, 2.05) is 13.8 Å². The zero-order valence-electron chi connectivity index (χ0n) is 20.7. The summed E-state index contributed by atoms with van der Waals surface area (Å²) in [5.41, 5.74) is 0.463. The lowest BCUT2D eigenvalue weighted by Gasteiger charge is -2.09. The van der Waals surface area contributed by atoms with Crippen LogP contribution in [0.3, 0.4) is 0 Å². The number of hydrogen-bond acceptors (Lipinski definition) is 5. The number of halogens is 3. The standard InChI is InChI=1S/C26H25F3N6O3/c1-3-11-34-23-21(24(36)35(12-4-2)25(34)37)32-22(33-23)15-5-8-17(9-6-15)38-14-20-30-18-10-7-16(26(27,28)29)13-19(18)31-20/h5-10,13H,3-4,11-12,14H2,1-2H3,(H,30,31)(H,32,33). The van der Waals surface area contributed by atoms with E-state index in [2.05, 4.69) is 19.9 Å². The fraction of sp³-hybridized carbons (Fsp3) is 0.308. The highest BCUT2D eigenvalue weighted by Gasteiger charge is 2.30. The molecule has 5 rings (SSSR count). The summed E-state index contributed by atoms with van der Waals surface area (Å²) in [5.74, 6) is 1.34. The van der Waals surface area contributed by atoms with Crippen LogP contribution in [0.5, 0.6) is 5.75 Å². The first-order valence-corrected chi connectivity index (χ1v) is 12.2. The number of H-pyrrole nitrogens is 2. The van der Waals surface area contributed by atoms with Crippen molar-refractivity contribution in [3.05, 3.63) is 74.7 Å². The van der Waals surface area contributed by atoms with Crippen molar-refractivity contribution < 1.29 is 17.9 Å². The van der Waals surface area contributed by atoms with Gasteiger partial charge in [-0.2, -0.15) is 13.2 Å². The summed E-state index contributed by atoms with van der Waals surface area (Å²) < 4.78 is 47.4. The lowest BCUT2D eigenvalue weighted by Crippen LogP contribution is -2.40. The van der Waals surface area contributed by atoms with Gasteiger partial charge >= 0.3 is 11.9 Å². The molecule has 0 aliphatic carbocycles. The highest BCUT2D eigenvalue weighted by atomic mass is 19.4. The molecule has 12 heteroatoms. The SMILES string of the molecule is CCCn1c(=O)c2[nH]c(-c3ccc(OCc4nc5ccc(C(F)(F)F)cc5[nH]4)cc3)nc2n(CCC)c1=O. The molecule has 0 spiro atoms. The van der Waals surface area contributed by atoms with E-state index in [0.717, 1.165) is 12.1 Å². The third-order valence-electron chi connectivity index (χ3n) is 6.12. The number of fused-ring (bicyclic) bond motifs is 2. The maximum atomic E-state index is 13.0. The van der Waals surface area contributed by atoms with Crippen molar-refractivity contribution >= 4 is 22.2 Å². The van der Waals surface area contributed by atoms with E-state index in [0.29, 0.717) is 60.1 Å². The summed E-state index contributed by atoms with van der Waals surface area (Å²) in [5, 5.41) is 0. The monoisotopic (exact) mass is 526 g/mol. The molecular formula is C26H25F3N6O3. The molecule has 0 radical (unpaired) electrons. The van der Waals surface area contributed by atoms with Gasteiger partial charge in [0.05, 0.1) is 16.6 Å². The van der Waals surface area contributed by atoms with Crippen LogP contribution in [0.1, 0.15) is 38.1 Å². The molecule has 38 heavy (non-hydrogen) atoms. The van der Waals surface area contributed by atoms with Crippen LogP contribution in [0.25, 0.3) is 33.6 Å². The number of imidazole rings is 2. The molecule has 5 aromatic rings. The molecule has 3 aromatic heterocycles. The third kappa shape index (κ3) is 4.69. The van der Waals surface area contributed by atoms with Gasteiger partial charge in [-0.05, 0) is 55.3 Å². The lowest BCUT2D eigenvalue weighted by atomic mass is 10.2. The number of benzene rings is 2. The first-order valence-electron chi connectivity index (χ1n) is 12.2. The van der Waals surface area contributed by atoms with Crippen LogP contribution >= 0.6 is 0 Å². The molecule has 2 aromatic carbocycles. The zero-order chi connectivity index (χ0) is 27.0. The van der Waals surface area contributed by atoms with E-state index in [4.69, 9.17) is 4.74 Å². The number of nitrogens with one attached hydrogen (secondary N) is 2. The van der Waals surface area contributed by atoms with Gasteiger partial charge in [-0.3, -0.25) is 13.9 Å². The molecule has 0 aliphatic heterocycles. The smallest absolute Gasteiger partial charge is 0.416 e. The molecule has 0 saturated heterocycles. The largest absolute Gasteiger partial charge is 0.486 e. The highest BCUT2D eigenvalue weighted by molar-refractivity contribution is 5.76. The summed E-state index contributed by atoms with van der Waals surface area (Å²) in [7, 11) is 0. The molecular weight excluding hydrogens is 501 g/mol. The molecule has 198 valence electrons. The third-order valence-corrected chi connectivity index (χ3v) is 6.12. The van der Waals surface area contributed by atoms with Gasteiger partial charge in [-0.15, -0.1) is 0 Å². The number of rotatable bonds is 8. The molecule has 0 aliphatic rings. The Morgan fingerprint density at radius 2 is 1.63 bits per heavy atom. The van der Waals surface area contributed by atoms with E-state index in [9.17, 15) is 22.8 Å². The van der Waals surface area contributed by atoms with Crippen molar-refractivity contribution in [2.45, 2.75) is 52.6 Å². The van der Waals surface area contributed by atoms with Crippen molar-refractivity contribution in [2.24, 2.45) is 0 Å². The van der Waals surface area contributed by atoms with Gasteiger partial charge in [0.1, 0.15) is 29.5 Å². The van der Waals surface area contributed by atoms with Gasteiger partial charge in [-0.1, -0.05) is 13.8 Å². The van der Waals surface area contributed by atoms with Crippen LogP contribution in [0.4, 0.5) is 13.2 Å². The quantitative estimate of drug-likeness (QED) is 0.300. The Morgan fingerprint density at radius 3 is 2.32 bits per heavy atom. The lowest BCUT2D eigenvalue weighted by molar-refractivity contribution is -0.137. The molecule has 3 heterocycles. The predicted molar refractivity (Wildman–Crippen MR) is 136 cm³/mol. The number of alkyl halides is 3. The Labute approximate surface area is 213 Å². The topological polar surface area (TPSA) is 111 Å². The minimum absolute atomic E-state index is 0.0281.